The molecule has 0 spiro atoms. The SMILES string of the molecule is C#N.CC(C)C. The van der Waals surface area contributed by atoms with E-state index in [1.54, 1.807) is 0 Å². The Morgan fingerprint density at radius 3 is 1.17 bits per heavy atom. The van der Waals surface area contributed by atoms with Gasteiger partial charge in [0.25, 0.3) is 0 Å². The predicted octanol–water partition coefficient (Wildman–Crippen LogP) is 1.80. The lowest BCUT2D eigenvalue weighted by molar-refractivity contribution is 0.737. The van der Waals surface area contributed by atoms with Crippen molar-refractivity contribution in [1.82, 2.24) is 0 Å². The van der Waals surface area contributed by atoms with E-state index in [0.717, 1.165) is 5.92 Å². The lowest BCUT2D eigenvalue weighted by atomic mass is 10.3. The molecule has 0 saturated heterocycles. The maximum atomic E-state index is 6.50. The van der Waals surface area contributed by atoms with Gasteiger partial charge in [0.1, 0.15) is 0 Å². The molecule has 6 heavy (non-hydrogen) atoms. The van der Waals surface area contributed by atoms with Crippen LogP contribution in [0.4, 0.5) is 0 Å². The van der Waals surface area contributed by atoms with Crippen LogP contribution < -0.4 is 0 Å². The first kappa shape index (κ1) is 9.09. The fourth-order valence-corrected chi connectivity index (χ4v) is 0. The molecule has 1 nitrogen and oxygen atoms in total. The Hall–Kier alpha value is -0.510. The molecule has 0 aliphatic rings. The van der Waals surface area contributed by atoms with E-state index in [1.165, 1.54) is 0 Å². The molecule has 0 unspecified atom stereocenters. The Balaban J connectivity index is 0. The predicted molar refractivity (Wildman–Crippen MR) is 27.2 cm³/mol. The number of rotatable bonds is 0. The van der Waals surface area contributed by atoms with Crippen molar-refractivity contribution in [3.05, 3.63) is 0 Å². The molecule has 0 atom stereocenters. The van der Waals surface area contributed by atoms with Crippen LogP contribution in [0.1, 0.15) is 20.8 Å². The number of nitrogens with zero attached hydrogens (tertiary/aromatic N) is 1. The molecule has 0 radical (unpaired) electrons. The van der Waals surface area contributed by atoms with Crippen molar-refractivity contribution in [1.29, 1.82) is 5.26 Å². The van der Waals surface area contributed by atoms with E-state index >= 15 is 0 Å². The second-order valence-electron chi connectivity index (χ2n) is 1.73. The van der Waals surface area contributed by atoms with E-state index < -0.39 is 0 Å². The van der Waals surface area contributed by atoms with E-state index in [0.29, 0.717) is 0 Å². The van der Waals surface area contributed by atoms with Crippen molar-refractivity contribution in [2.45, 2.75) is 20.8 Å². The summed E-state index contributed by atoms with van der Waals surface area (Å²) in [5.41, 5.74) is 0. The zero-order chi connectivity index (χ0) is 5.58. The largest absolute Gasteiger partial charge is 0.202 e. The van der Waals surface area contributed by atoms with Crippen molar-refractivity contribution < 1.29 is 0 Å². The highest BCUT2D eigenvalue weighted by Gasteiger charge is 1.68. The van der Waals surface area contributed by atoms with Crippen LogP contribution in [0.3, 0.4) is 0 Å². The van der Waals surface area contributed by atoms with E-state index in [4.69, 9.17) is 5.26 Å². The molecule has 0 heterocycles. The van der Waals surface area contributed by atoms with Crippen LogP contribution in [-0.4, -0.2) is 0 Å². The molecular weight excluding hydrogens is 74.1 g/mol. The second-order valence-corrected chi connectivity index (χ2v) is 1.73. The number of hydrogen-bond acceptors (Lipinski definition) is 1. The molecule has 1 heteroatoms. The van der Waals surface area contributed by atoms with E-state index in [1.807, 2.05) is 0 Å². The highest BCUT2D eigenvalue weighted by Crippen LogP contribution is 1.81. The zero-order valence-electron chi connectivity index (χ0n) is 4.60. The minimum absolute atomic E-state index is 0.833. The van der Waals surface area contributed by atoms with Crippen molar-refractivity contribution in [3.63, 3.8) is 0 Å². The van der Waals surface area contributed by atoms with Gasteiger partial charge in [-0.15, -0.1) is 0 Å². The monoisotopic (exact) mass is 85.1 g/mol. The third-order valence-corrected chi connectivity index (χ3v) is 0. The molecule has 0 aliphatic heterocycles. The summed E-state index contributed by atoms with van der Waals surface area (Å²) < 4.78 is 0. The minimum Gasteiger partial charge on any atom is -0.202 e. The molecule has 36 valence electrons. The fourth-order valence-electron chi connectivity index (χ4n) is 0. The Bertz CT molecular complexity index is 25.4. The minimum atomic E-state index is 0.833. The fraction of sp³-hybridized carbons (Fsp3) is 0.800. The van der Waals surface area contributed by atoms with E-state index in [9.17, 15) is 0 Å². The zero-order valence-corrected chi connectivity index (χ0v) is 4.60. The van der Waals surface area contributed by atoms with Gasteiger partial charge in [0.15, 0.2) is 0 Å². The first-order valence-electron chi connectivity index (χ1n) is 1.99. The molecule has 0 aromatic heterocycles. The van der Waals surface area contributed by atoms with Crippen LogP contribution in [0.15, 0.2) is 0 Å². The standard InChI is InChI=1S/C4H10.CHN/c1-4(2)3;1-2/h4H,1-3H3;1H. The summed E-state index contributed by atoms with van der Waals surface area (Å²) >= 11 is 0. The highest BCUT2D eigenvalue weighted by molar-refractivity contribution is 4.20. The third-order valence-electron chi connectivity index (χ3n) is 0. The lowest BCUT2D eigenvalue weighted by Crippen LogP contribution is -1.66. The summed E-state index contributed by atoms with van der Waals surface area (Å²) in [5, 5.41) is 6.50. The van der Waals surface area contributed by atoms with Crippen LogP contribution in [-0.2, 0) is 0 Å². The van der Waals surface area contributed by atoms with Crippen LogP contribution in [0, 0.1) is 17.8 Å². The average Bonchev–Trinajstić information content (AvgIpc) is 1.41. The molecule has 0 saturated carbocycles. The summed E-state index contributed by atoms with van der Waals surface area (Å²) in [6.45, 7) is 10.00. The third kappa shape index (κ3) is 83.2. The topological polar surface area (TPSA) is 23.8 Å². The first-order chi connectivity index (χ1) is 2.73. The maximum absolute atomic E-state index is 6.50. The summed E-state index contributed by atoms with van der Waals surface area (Å²) in [4.78, 5) is 0. The average molecular weight is 85.1 g/mol. The Kier molecular flexibility index (Phi) is 13.4. The van der Waals surface area contributed by atoms with Gasteiger partial charge in [-0.3, -0.25) is 0 Å². The maximum Gasteiger partial charge on any atom is 0.0462 e. The Labute approximate surface area is 39.6 Å². The van der Waals surface area contributed by atoms with Gasteiger partial charge in [-0.05, 0) is 5.92 Å². The van der Waals surface area contributed by atoms with E-state index in [-0.39, 0.29) is 0 Å². The molecule has 0 aliphatic carbocycles. The van der Waals surface area contributed by atoms with Crippen molar-refractivity contribution in [3.8, 4) is 6.57 Å². The molecular formula is C5H11N. The summed E-state index contributed by atoms with van der Waals surface area (Å²) in [6, 6.07) is 0. The van der Waals surface area contributed by atoms with Gasteiger partial charge < -0.3 is 0 Å². The van der Waals surface area contributed by atoms with Gasteiger partial charge in [0, 0.05) is 6.57 Å². The second kappa shape index (κ2) is 8.82. The van der Waals surface area contributed by atoms with Gasteiger partial charge in [0.2, 0.25) is 0 Å². The van der Waals surface area contributed by atoms with Crippen molar-refractivity contribution >= 4 is 0 Å². The smallest absolute Gasteiger partial charge is 0.0462 e. The van der Waals surface area contributed by atoms with Crippen LogP contribution in [0.5, 0.6) is 0 Å². The van der Waals surface area contributed by atoms with Gasteiger partial charge >= 0.3 is 0 Å². The van der Waals surface area contributed by atoms with Crippen LogP contribution in [0.2, 0.25) is 0 Å². The number of hydrogen-bond donors (Lipinski definition) is 0. The molecule has 0 amide bonds. The Morgan fingerprint density at radius 2 is 1.17 bits per heavy atom. The lowest BCUT2D eigenvalue weighted by Gasteiger charge is -1.79. The normalized spacial score (nSPS) is 6.33. The summed E-state index contributed by atoms with van der Waals surface area (Å²) in [6.07, 6.45) is 0. The van der Waals surface area contributed by atoms with Gasteiger partial charge in [-0.1, -0.05) is 20.8 Å². The van der Waals surface area contributed by atoms with Gasteiger partial charge in [-0.2, -0.15) is 0 Å². The molecule has 0 N–H and O–H groups in total. The van der Waals surface area contributed by atoms with Crippen LogP contribution in [0.25, 0.3) is 0 Å². The highest BCUT2D eigenvalue weighted by atomic mass is 14.2. The molecule has 0 rings (SSSR count). The van der Waals surface area contributed by atoms with Gasteiger partial charge in [-0.25, -0.2) is 5.26 Å². The van der Waals surface area contributed by atoms with Crippen LogP contribution >= 0.6 is 0 Å². The quantitative estimate of drug-likeness (QED) is 0.440. The molecule has 0 fully saturated rings. The van der Waals surface area contributed by atoms with E-state index in [2.05, 4.69) is 27.3 Å². The summed E-state index contributed by atoms with van der Waals surface area (Å²) in [7, 11) is 0. The van der Waals surface area contributed by atoms with Gasteiger partial charge in [0.05, 0.1) is 0 Å². The number of nitriles is 1. The Morgan fingerprint density at radius 1 is 1.17 bits per heavy atom. The molecule has 0 aromatic rings. The summed E-state index contributed by atoms with van der Waals surface area (Å²) in [5.74, 6) is 0.833. The molecule has 0 aromatic carbocycles. The molecule has 0 bridgehead atoms. The van der Waals surface area contributed by atoms with Crippen molar-refractivity contribution in [2.24, 2.45) is 5.92 Å². The van der Waals surface area contributed by atoms with Crippen molar-refractivity contribution in [2.75, 3.05) is 0 Å². The first-order valence-corrected chi connectivity index (χ1v) is 1.99.